The highest BCUT2D eigenvalue weighted by Crippen LogP contribution is 2.17. The molecule has 0 aromatic rings. The van der Waals surface area contributed by atoms with E-state index >= 15 is 0 Å². The first kappa shape index (κ1) is 14.7. The van der Waals surface area contributed by atoms with Gasteiger partial charge in [0.05, 0.1) is 18.8 Å². The van der Waals surface area contributed by atoms with Crippen molar-refractivity contribution in [1.29, 1.82) is 0 Å². The Balaban J connectivity index is 0.00000144. The Morgan fingerprint density at radius 2 is 2.24 bits per heavy atom. The van der Waals surface area contributed by atoms with E-state index in [1.807, 2.05) is 11.8 Å². The summed E-state index contributed by atoms with van der Waals surface area (Å²) in [7, 11) is 0. The Morgan fingerprint density at radius 1 is 1.47 bits per heavy atom. The third-order valence-corrected chi connectivity index (χ3v) is 3.79. The van der Waals surface area contributed by atoms with Gasteiger partial charge >= 0.3 is 0 Å². The van der Waals surface area contributed by atoms with Crippen molar-refractivity contribution in [1.82, 2.24) is 10.2 Å². The molecule has 2 aliphatic rings. The largest absolute Gasteiger partial charge is 0.375 e. The van der Waals surface area contributed by atoms with Gasteiger partial charge in [-0.05, 0) is 33.2 Å². The van der Waals surface area contributed by atoms with E-state index in [4.69, 9.17) is 4.74 Å². The molecule has 100 valence electrons. The molecule has 17 heavy (non-hydrogen) atoms. The number of carbonyl (C=O) groups excluding carboxylic acids is 1. The summed E-state index contributed by atoms with van der Waals surface area (Å²) in [6.45, 7) is 6.60. The summed E-state index contributed by atoms with van der Waals surface area (Å²) in [4.78, 5) is 14.1. The lowest BCUT2D eigenvalue weighted by atomic mass is 10.1. The van der Waals surface area contributed by atoms with Crippen molar-refractivity contribution in [2.75, 3.05) is 19.7 Å². The number of rotatable bonds is 2. The maximum Gasteiger partial charge on any atom is 0.224 e. The fourth-order valence-corrected chi connectivity index (χ4v) is 2.54. The Kier molecular flexibility index (Phi) is 5.70. The highest BCUT2D eigenvalue weighted by atomic mass is 35.5. The van der Waals surface area contributed by atoms with Crippen molar-refractivity contribution >= 4 is 18.3 Å². The zero-order chi connectivity index (χ0) is 11.5. The quantitative estimate of drug-likeness (QED) is 0.813. The molecular formula is C12H23ClN2O2. The molecule has 2 fully saturated rings. The average molecular weight is 263 g/mol. The van der Waals surface area contributed by atoms with Gasteiger partial charge in [0.1, 0.15) is 0 Å². The van der Waals surface area contributed by atoms with E-state index < -0.39 is 0 Å². The lowest BCUT2D eigenvalue weighted by molar-refractivity contribution is -0.144. The van der Waals surface area contributed by atoms with E-state index in [2.05, 4.69) is 12.2 Å². The van der Waals surface area contributed by atoms with Gasteiger partial charge in [-0.15, -0.1) is 12.4 Å². The molecule has 3 atom stereocenters. The minimum absolute atomic E-state index is 0. The van der Waals surface area contributed by atoms with Gasteiger partial charge in [0, 0.05) is 19.0 Å². The minimum Gasteiger partial charge on any atom is -0.375 e. The van der Waals surface area contributed by atoms with Crippen LogP contribution in [0.5, 0.6) is 0 Å². The number of morpholine rings is 1. The van der Waals surface area contributed by atoms with Crippen LogP contribution in [-0.2, 0) is 9.53 Å². The number of halogens is 1. The lowest BCUT2D eigenvalue weighted by Gasteiger charge is -2.38. The predicted octanol–water partition coefficient (Wildman–Crippen LogP) is 1.19. The van der Waals surface area contributed by atoms with Crippen LogP contribution in [0.4, 0.5) is 0 Å². The molecule has 0 radical (unpaired) electrons. The Morgan fingerprint density at radius 3 is 2.88 bits per heavy atom. The van der Waals surface area contributed by atoms with E-state index in [1.54, 1.807) is 0 Å². The SMILES string of the molecule is CC1OCCN(C(=O)CC2CCCN2)C1C.Cl. The highest BCUT2D eigenvalue weighted by molar-refractivity contribution is 5.85. The summed E-state index contributed by atoms with van der Waals surface area (Å²) >= 11 is 0. The summed E-state index contributed by atoms with van der Waals surface area (Å²) in [5, 5.41) is 3.37. The third-order valence-electron chi connectivity index (χ3n) is 3.79. The first-order chi connectivity index (χ1) is 7.68. The van der Waals surface area contributed by atoms with E-state index in [-0.39, 0.29) is 30.5 Å². The van der Waals surface area contributed by atoms with Crippen molar-refractivity contribution in [3.8, 4) is 0 Å². The van der Waals surface area contributed by atoms with Gasteiger partial charge < -0.3 is 15.0 Å². The number of ether oxygens (including phenoxy) is 1. The Hall–Kier alpha value is -0.320. The van der Waals surface area contributed by atoms with E-state index in [9.17, 15) is 4.79 Å². The predicted molar refractivity (Wildman–Crippen MR) is 69.5 cm³/mol. The number of carbonyl (C=O) groups is 1. The first-order valence-corrected chi connectivity index (χ1v) is 6.33. The summed E-state index contributed by atoms with van der Waals surface area (Å²) < 4.78 is 5.53. The fourth-order valence-electron chi connectivity index (χ4n) is 2.54. The van der Waals surface area contributed by atoms with Crippen LogP contribution in [0, 0.1) is 0 Å². The molecule has 0 bridgehead atoms. The second kappa shape index (κ2) is 6.57. The molecule has 2 aliphatic heterocycles. The molecule has 1 N–H and O–H groups in total. The minimum atomic E-state index is 0. The fraction of sp³-hybridized carbons (Fsp3) is 0.917. The van der Waals surface area contributed by atoms with Crippen molar-refractivity contribution in [3.63, 3.8) is 0 Å². The standard InChI is InChI=1S/C12H22N2O2.ClH/c1-9-10(2)16-7-6-14(9)12(15)8-11-4-3-5-13-11;/h9-11,13H,3-8H2,1-2H3;1H. The smallest absolute Gasteiger partial charge is 0.224 e. The molecule has 2 saturated heterocycles. The molecule has 3 unspecified atom stereocenters. The molecule has 0 saturated carbocycles. The van der Waals surface area contributed by atoms with Gasteiger partial charge in [-0.25, -0.2) is 0 Å². The molecule has 2 rings (SSSR count). The zero-order valence-electron chi connectivity index (χ0n) is 10.6. The maximum atomic E-state index is 12.1. The van der Waals surface area contributed by atoms with Crippen molar-refractivity contribution in [2.45, 2.75) is 51.3 Å². The number of nitrogens with one attached hydrogen (secondary N) is 1. The lowest BCUT2D eigenvalue weighted by Crippen LogP contribution is -2.52. The molecule has 4 nitrogen and oxygen atoms in total. The number of hydrogen-bond acceptors (Lipinski definition) is 3. The van der Waals surface area contributed by atoms with Crippen LogP contribution in [0.1, 0.15) is 33.1 Å². The van der Waals surface area contributed by atoms with Crippen LogP contribution in [0.25, 0.3) is 0 Å². The molecular weight excluding hydrogens is 240 g/mol. The van der Waals surface area contributed by atoms with Gasteiger partial charge in [-0.2, -0.15) is 0 Å². The molecule has 2 heterocycles. The maximum absolute atomic E-state index is 12.1. The van der Waals surface area contributed by atoms with Crippen LogP contribution >= 0.6 is 12.4 Å². The highest BCUT2D eigenvalue weighted by Gasteiger charge is 2.30. The third kappa shape index (κ3) is 3.57. The van der Waals surface area contributed by atoms with Crippen LogP contribution in [0.3, 0.4) is 0 Å². The van der Waals surface area contributed by atoms with Crippen molar-refractivity contribution < 1.29 is 9.53 Å². The number of nitrogens with zero attached hydrogens (tertiary/aromatic N) is 1. The summed E-state index contributed by atoms with van der Waals surface area (Å²) in [5.74, 6) is 0.280. The summed E-state index contributed by atoms with van der Waals surface area (Å²) in [5.41, 5.74) is 0. The van der Waals surface area contributed by atoms with Crippen molar-refractivity contribution in [2.24, 2.45) is 0 Å². The van der Waals surface area contributed by atoms with Gasteiger partial charge in [0.25, 0.3) is 0 Å². The van der Waals surface area contributed by atoms with Gasteiger partial charge in [0.15, 0.2) is 0 Å². The molecule has 5 heteroatoms. The van der Waals surface area contributed by atoms with Gasteiger partial charge in [-0.1, -0.05) is 0 Å². The van der Waals surface area contributed by atoms with Crippen LogP contribution < -0.4 is 5.32 Å². The summed E-state index contributed by atoms with van der Waals surface area (Å²) in [6, 6.07) is 0.612. The molecule has 0 spiro atoms. The molecule has 0 aliphatic carbocycles. The summed E-state index contributed by atoms with van der Waals surface area (Å²) in [6.07, 6.45) is 3.15. The first-order valence-electron chi connectivity index (χ1n) is 6.33. The second-order valence-electron chi connectivity index (χ2n) is 4.90. The normalized spacial score (nSPS) is 33.3. The van der Waals surface area contributed by atoms with Crippen LogP contribution in [0.15, 0.2) is 0 Å². The van der Waals surface area contributed by atoms with Crippen LogP contribution in [-0.4, -0.2) is 48.7 Å². The van der Waals surface area contributed by atoms with E-state index in [1.165, 1.54) is 6.42 Å². The monoisotopic (exact) mass is 262 g/mol. The average Bonchev–Trinajstić information content (AvgIpc) is 2.74. The Labute approximate surface area is 109 Å². The van der Waals surface area contributed by atoms with Gasteiger partial charge in [-0.3, -0.25) is 4.79 Å². The Bertz CT molecular complexity index is 257. The number of amides is 1. The van der Waals surface area contributed by atoms with E-state index in [0.29, 0.717) is 19.1 Å². The molecule has 0 aromatic carbocycles. The topological polar surface area (TPSA) is 41.6 Å². The van der Waals surface area contributed by atoms with Crippen molar-refractivity contribution in [3.05, 3.63) is 0 Å². The second-order valence-corrected chi connectivity index (χ2v) is 4.90. The molecule has 1 amide bonds. The van der Waals surface area contributed by atoms with Crippen LogP contribution in [0.2, 0.25) is 0 Å². The number of hydrogen-bond donors (Lipinski definition) is 1. The van der Waals surface area contributed by atoms with E-state index in [0.717, 1.165) is 19.5 Å². The van der Waals surface area contributed by atoms with Gasteiger partial charge in [0.2, 0.25) is 5.91 Å². The zero-order valence-corrected chi connectivity index (χ0v) is 11.5. The molecule has 0 aromatic heterocycles.